The van der Waals surface area contributed by atoms with E-state index in [2.05, 4.69) is 24.8 Å². The number of fused-ring (bicyclic) bond motifs is 7. The Hall–Kier alpha value is -3.70. The molecule has 1 fully saturated rings. The Morgan fingerprint density at radius 2 is 1.94 bits per heavy atom. The van der Waals surface area contributed by atoms with Crippen molar-refractivity contribution in [2.75, 3.05) is 57.9 Å². The van der Waals surface area contributed by atoms with Gasteiger partial charge in [0.2, 0.25) is 5.91 Å². The molecule has 3 aromatic rings. The van der Waals surface area contributed by atoms with E-state index in [1.54, 1.807) is 17.2 Å². The summed E-state index contributed by atoms with van der Waals surface area (Å²) in [5.74, 6) is 1.17. The van der Waals surface area contributed by atoms with Gasteiger partial charge in [-0.2, -0.15) is 0 Å². The van der Waals surface area contributed by atoms with Gasteiger partial charge in [-0.15, -0.1) is 0 Å². The van der Waals surface area contributed by atoms with Crippen LogP contribution in [0.2, 0.25) is 0 Å². The number of aromatic nitrogens is 3. The van der Waals surface area contributed by atoms with Crippen molar-refractivity contribution in [3.05, 3.63) is 36.2 Å². The lowest BCUT2D eigenvalue weighted by Gasteiger charge is -2.38. The van der Waals surface area contributed by atoms with Crippen LogP contribution in [0.25, 0.3) is 11.0 Å². The maximum Gasteiger partial charge on any atom is 0.242 e. The summed E-state index contributed by atoms with van der Waals surface area (Å²) in [5.41, 5.74) is 1.67. The van der Waals surface area contributed by atoms with Crippen LogP contribution in [0.3, 0.4) is 0 Å². The van der Waals surface area contributed by atoms with Crippen molar-refractivity contribution >= 4 is 34.7 Å². The van der Waals surface area contributed by atoms with Gasteiger partial charge >= 0.3 is 0 Å². The lowest BCUT2D eigenvalue weighted by Crippen LogP contribution is -2.56. The zero-order chi connectivity index (χ0) is 23.7. The fourth-order valence-corrected chi connectivity index (χ4v) is 4.39. The molecule has 0 aliphatic carbocycles. The maximum atomic E-state index is 13.2. The van der Waals surface area contributed by atoms with E-state index in [-0.39, 0.29) is 18.4 Å². The number of aliphatic imine (C=N–C) groups is 1. The number of hydrogen-bond donors (Lipinski definition) is 3. The second kappa shape index (κ2) is 9.27. The average Bonchev–Trinajstić information content (AvgIpc) is 3.18. The number of anilines is 1. The van der Waals surface area contributed by atoms with Crippen LogP contribution in [0.15, 0.2) is 35.6 Å². The number of likely N-dealkylation sites (N-methyl/N-ethyl adjacent to an activating group) is 1. The van der Waals surface area contributed by atoms with E-state index < -0.39 is 6.04 Å². The van der Waals surface area contributed by atoms with Gasteiger partial charge in [-0.25, -0.2) is 9.97 Å². The molecule has 2 aromatic heterocycles. The molecule has 0 radical (unpaired) electrons. The van der Waals surface area contributed by atoms with Crippen LogP contribution in [0.5, 0.6) is 11.6 Å². The normalized spacial score (nSPS) is 19.8. The zero-order valence-corrected chi connectivity index (χ0v) is 18.9. The number of aliphatic hydroxyl groups excluding tert-OH is 1. The highest BCUT2D eigenvalue weighted by atomic mass is 16.5. The molecule has 5 heterocycles. The standard InChI is InChI=1S/C23H27N7O4/c1-28-9-10-34-16-4-2-3-15(11-16)24-12-17-19-20(27-22(17)32)25-14-26-21(19)29-5-7-30(8-6-29)23(33)18(28)13-31/h2-4,11-12,14,18,31-32H,5-10,13H2,1H3,(H,25,26,27)/t18-/m1/s1. The minimum absolute atomic E-state index is 0.0371. The molecule has 1 amide bonds. The zero-order valence-electron chi connectivity index (χ0n) is 18.9. The highest BCUT2D eigenvalue weighted by Gasteiger charge is 2.31. The van der Waals surface area contributed by atoms with Crippen LogP contribution in [0.4, 0.5) is 11.5 Å². The number of aromatic amines is 1. The summed E-state index contributed by atoms with van der Waals surface area (Å²) in [7, 11) is 1.81. The number of nitrogens with zero attached hydrogens (tertiary/aromatic N) is 6. The number of piperazine rings is 1. The van der Waals surface area contributed by atoms with Crippen LogP contribution in [0, 0.1) is 0 Å². The average molecular weight is 466 g/mol. The Labute approximate surface area is 196 Å². The number of H-pyrrole nitrogens is 1. The van der Waals surface area contributed by atoms with E-state index >= 15 is 0 Å². The van der Waals surface area contributed by atoms with E-state index in [4.69, 9.17) is 4.74 Å². The van der Waals surface area contributed by atoms with Crippen molar-refractivity contribution in [1.29, 1.82) is 0 Å². The fraction of sp³-hybridized carbons (Fsp3) is 0.391. The van der Waals surface area contributed by atoms with Gasteiger partial charge in [-0.1, -0.05) is 6.07 Å². The first-order valence-corrected chi connectivity index (χ1v) is 11.2. The van der Waals surface area contributed by atoms with Crippen LogP contribution in [0.1, 0.15) is 5.56 Å². The van der Waals surface area contributed by atoms with Gasteiger partial charge in [0.1, 0.15) is 36.2 Å². The second-order valence-corrected chi connectivity index (χ2v) is 8.40. The van der Waals surface area contributed by atoms with Crippen LogP contribution in [-0.2, 0) is 4.79 Å². The molecular formula is C23H27N7O4. The third-order valence-corrected chi connectivity index (χ3v) is 6.34. The smallest absolute Gasteiger partial charge is 0.242 e. The molecule has 0 unspecified atom stereocenters. The molecule has 34 heavy (non-hydrogen) atoms. The molecule has 3 aliphatic rings. The molecule has 0 spiro atoms. The summed E-state index contributed by atoms with van der Waals surface area (Å²) in [5, 5.41) is 21.2. The third kappa shape index (κ3) is 4.15. The Morgan fingerprint density at radius 1 is 1.15 bits per heavy atom. The summed E-state index contributed by atoms with van der Waals surface area (Å²) in [6.45, 7) is 2.68. The number of nitrogens with one attached hydrogen (secondary N) is 1. The molecule has 3 N–H and O–H groups in total. The van der Waals surface area contributed by atoms with E-state index in [1.807, 2.05) is 30.1 Å². The number of benzene rings is 1. The van der Waals surface area contributed by atoms with Crippen molar-refractivity contribution in [3.8, 4) is 11.6 Å². The first-order valence-electron chi connectivity index (χ1n) is 11.2. The van der Waals surface area contributed by atoms with Gasteiger partial charge in [-0.3, -0.25) is 14.7 Å². The summed E-state index contributed by atoms with van der Waals surface area (Å²) < 4.78 is 5.87. The van der Waals surface area contributed by atoms with Gasteiger partial charge in [0.05, 0.1) is 23.2 Å². The summed E-state index contributed by atoms with van der Waals surface area (Å²) in [6.07, 6.45) is 3.05. The van der Waals surface area contributed by atoms with Gasteiger partial charge in [0.15, 0.2) is 5.88 Å². The largest absolute Gasteiger partial charge is 0.494 e. The first-order chi connectivity index (χ1) is 16.5. The highest BCUT2D eigenvalue weighted by molar-refractivity contribution is 6.06. The summed E-state index contributed by atoms with van der Waals surface area (Å²) >= 11 is 0. The van der Waals surface area contributed by atoms with Gasteiger partial charge in [-0.05, 0) is 19.2 Å². The minimum atomic E-state index is -0.635. The lowest BCUT2D eigenvalue weighted by molar-refractivity contribution is -0.138. The Kier molecular flexibility index (Phi) is 6.03. The minimum Gasteiger partial charge on any atom is -0.494 e. The SMILES string of the molecule is CN1CCOc2cccc(c2)N=Cc2c(O)[nH]c3ncnc(c23)N2CCN(CC2)C(=O)[C@H]1CO. The van der Waals surface area contributed by atoms with E-state index in [9.17, 15) is 15.0 Å². The van der Waals surface area contributed by atoms with Crippen molar-refractivity contribution in [2.45, 2.75) is 6.04 Å². The fourth-order valence-electron chi connectivity index (χ4n) is 4.39. The van der Waals surface area contributed by atoms with E-state index in [1.165, 1.54) is 6.33 Å². The summed E-state index contributed by atoms with van der Waals surface area (Å²) in [6, 6.07) is 6.68. The molecule has 3 aliphatic heterocycles. The third-order valence-electron chi connectivity index (χ3n) is 6.34. The number of aliphatic hydroxyl groups is 1. The van der Waals surface area contributed by atoms with Gasteiger partial charge in [0.25, 0.3) is 0 Å². The number of carbonyl (C=O) groups is 1. The van der Waals surface area contributed by atoms with E-state index in [0.29, 0.717) is 73.2 Å². The second-order valence-electron chi connectivity index (χ2n) is 8.40. The van der Waals surface area contributed by atoms with Crippen molar-refractivity contribution in [2.24, 2.45) is 4.99 Å². The number of rotatable bonds is 1. The predicted octanol–water partition coefficient (Wildman–Crippen LogP) is 0.748. The van der Waals surface area contributed by atoms with Crippen molar-refractivity contribution < 1.29 is 19.7 Å². The monoisotopic (exact) mass is 465 g/mol. The lowest BCUT2D eigenvalue weighted by atomic mass is 10.2. The molecule has 4 bridgehead atoms. The predicted molar refractivity (Wildman–Crippen MR) is 127 cm³/mol. The number of hydrogen-bond acceptors (Lipinski definition) is 9. The van der Waals surface area contributed by atoms with Crippen LogP contribution < -0.4 is 9.64 Å². The molecule has 178 valence electrons. The van der Waals surface area contributed by atoms with Crippen molar-refractivity contribution in [3.63, 3.8) is 0 Å². The molecule has 1 aromatic carbocycles. The molecule has 1 atom stereocenters. The summed E-state index contributed by atoms with van der Waals surface area (Å²) in [4.78, 5) is 35.1. The van der Waals surface area contributed by atoms with E-state index in [0.717, 1.165) is 0 Å². The Morgan fingerprint density at radius 3 is 2.74 bits per heavy atom. The Bertz CT molecular complexity index is 1220. The number of carbonyl (C=O) groups excluding carboxylic acids is 1. The molecule has 6 rings (SSSR count). The molecule has 1 saturated heterocycles. The van der Waals surface area contributed by atoms with Crippen LogP contribution in [-0.4, -0.2) is 106 Å². The molecular weight excluding hydrogens is 438 g/mol. The first kappa shape index (κ1) is 22.1. The molecule has 11 nitrogen and oxygen atoms in total. The van der Waals surface area contributed by atoms with Gasteiger partial charge < -0.3 is 29.7 Å². The number of aromatic hydroxyl groups is 1. The van der Waals surface area contributed by atoms with Gasteiger partial charge in [0, 0.05) is 45.0 Å². The Balaban J connectivity index is 1.56. The van der Waals surface area contributed by atoms with Crippen LogP contribution >= 0.6 is 0 Å². The quantitative estimate of drug-likeness (QED) is 0.480. The van der Waals surface area contributed by atoms with Crippen molar-refractivity contribution in [1.82, 2.24) is 24.8 Å². The molecule has 11 heteroatoms. The topological polar surface area (TPSA) is 130 Å². The number of ether oxygens (including phenoxy) is 1. The number of amides is 1. The molecule has 0 saturated carbocycles. The maximum absolute atomic E-state index is 13.2. The highest BCUT2D eigenvalue weighted by Crippen LogP contribution is 2.32.